The van der Waals surface area contributed by atoms with E-state index in [1.165, 1.54) is 0 Å². The van der Waals surface area contributed by atoms with E-state index in [-0.39, 0.29) is 12.4 Å². The Morgan fingerprint density at radius 1 is 1.28 bits per heavy atom. The first-order valence-electron chi connectivity index (χ1n) is 9.67. The number of carbonyl (C=O) groups excluding carboxylic acids is 1. The van der Waals surface area contributed by atoms with Gasteiger partial charge in [0.15, 0.2) is 0 Å². The predicted octanol–water partition coefficient (Wildman–Crippen LogP) is 3.95. The number of anilines is 1. The molecule has 7 nitrogen and oxygen atoms in total. The van der Waals surface area contributed by atoms with E-state index in [1.54, 1.807) is 12.3 Å². The molecule has 0 atom stereocenters. The summed E-state index contributed by atoms with van der Waals surface area (Å²) >= 11 is 6.11. The van der Waals surface area contributed by atoms with Gasteiger partial charge in [-0.25, -0.2) is 4.98 Å². The van der Waals surface area contributed by atoms with Gasteiger partial charge in [-0.15, -0.1) is 0 Å². The van der Waals surface area contributed by atoms with Crippen LogP contribution in [0.15, 0.2) is 47.1 Å². The zero-order chi connectivity index (χ0) is 20.2. The normalized spacial score (nSPS) is 14.8. The summed E-state index contributed by atoms with van der Waals surface area (Å²) in [5.41, 5.74) is 1.58. The van der Waals surface area contributed by atoms with Crippen LogP contribution >= 0.6 is 11.6 Å². The molecule has 0 aliphatic carbocycles. The topological polar surface area (TPSA) is 84.2 Å². The van der Waals surface area contributed by atoms with Gasteiger partial charge in [0.05, 0.1) is 0 Å². The third kappa shape index (κ3) is 4.56. The molecule has 0 spiro atoms. The van der Waals surface area contributed by atoms with Gasteiger partial charge < -0.3 is 14.7 Å². The maximum atomic E-state index is 12.3. The number of piperidine rings is 1. The molecule has 1 aromatic carbocycles. The minimum absolute atomic E-state index is 0.0859. The number of nitrogens with one attached hydrogen (secondary N) is 1. The number of halogens is 1. The highest BCUT2D eigenvalue weighted by molar-refractivity contribution is 6.31. The molecule has 3 heterocycles. The van der Waals surface area contributed by atoms with Gasteiger partial charge in [-0.05, 0) is 42.5 Å². The third-order valence-corrected chi connectivity index (χ3v) is 5.50. The molecule has 8 heteroatoms. The summed E-state index contributed by atoms with van der Waals surface area (Å²) in [5.74, 6) is 1.48. The molecule has 0 bridgehead atoms. The van der Waals surface area contributed by atoms with E-state index in [0.717, 1.165) is 48.8 Å². The van der Waals surface area contributed by atoms with Gasteiger partial charge in [0, 0.05) is 36.4 Å². The Kier molecular flexibility index (Phi) is 5.76. The predicted molar refractivity (Wildman–Crippen MR) is 111 cm³/mol. The molecule has 1 aliphatic heterocycles. The average molecular weight is 412 g/mol. The van der Waals surface area contributed by atoms with E-state index >= 15 is 0 Å². The summed E-state index contributed by atoms with van der Waals surface area (Å²) < 4.78 is 5.16. The highest BCUT2D eigenvalue weighted by Gasteiger charge is 2.19. The Morgan fingerprint density at radius 2 is 2.07 bits per heavy atom. The second-order valence-electron chi connectivity index (χ2n) is 7.27. The number of amides is 1. The lowest BCUT2D eigenvalue weighted by Gasteiger charge is -2.31. The van der Waals surface area contributed by atoms with Crippen LogP contribution < -0.4 is 10.2 Å². The fourth-order valence-corrected chi connectivity index (χ4v) is 3.50. The summed E-state index contributed by atoms with van der Waals surface area (Å²) in [6.45, 7) is 4.53. The van der Waals surface area contributed by atoms with Crippen molar-refractivity contribution in [3.05, 3.63) is 59.1 Å². The van der Waals surface area contributed by atoms with Crippen molar-refractivity contribution in [2.75, 3.05) is 18.0 Å². The summed E-state index contributed by atoms with van der Waals surface area (Å²) in [5, 5.41) is 7.30. The van der Waals surface area contributed by atoms with Gasteiger partial charge in [-0.1, -0.05) is 41.9 Å². The number of aromatic nitrogens is 3. The first-order chi connectivity index (χ1) is 14.1. The van der Waals surface area contributed by atoms with Crippen molar-refractivity contribution in [1.82, 2.24) is 20.4 Å². The highest BCUT2D eigenvalue weighted by Crippen LogP contribution is 2.25. The maximum absolute atomic E-state index is 12.3. The molecule has 0 unspecified atom stereocenters. The molecule has 1 aliphatic rings. The Labute approximate surface area is 174 Å². The molecule has 150 valence electrons. The van der Waals surface area contributed by atoms with Crippen molar-refractivity contribution in [1.29, 1.82) is 0 Å². The minimum atomic E-state index is -0.442. The molecule has 1 N–H and O–H groups in total. The van der Waals surface area contributed by atoms with Gasteiger partial charge in [-0.3, -0.25) is 4.79 Å². The van der Waals surface area contributed by atoms with Crippen LogP contribution in [0, 0.1) is 5.92 Å². The number of benzene rings is 1. The lowest BCUT2D eigenvalue weighted by molar-refractivity contribution is 0.0907. The van der Waals surface area contributed by atoms with Crippen molar-refractivity contribution < 1.29 is 9.32 Å². The molecule has 1 amide bonds. The molecule has 3 aromatic rings. The highest BCUT2D eigenvalue weighted by atomic mass is 35.5. The van der Waals surface area contributed by atoms with Crippen molar-refractivity contribution in [3.63, 3.8) is 0 Å². The number of hydrogen-bond acceptors (Lipinski definition) is 6. The monoisotopic (exact) mass is 411 g/mol. The second kappa shape index (κ2) is 8.61. The first-order valence-corrected chi connectivity index (χ1v) is 10.0. The van der Waals surface area contributed by atoms with E-state index in [9.17, 15) is 4.79 Å². The van der Waals surface area contributed by atoms with E-state index in [1.807, 2.05) is 30.3 Å². The van der Waals surface area contributed by atoms with Gasteiger partial charge in [0.25, 0.3) is 0 Å². The summed E-state index contributed by atoms with van der Waals surface area (Å²) in [4.78, 5) is 23.3. The van der Waals surface area contributed by atoms with Crippen molar-refractivity contribution >= 4 is 23.3 Å². The van der Waals surface area contributed by atoms with E-state index in [2.05, 4.69) is 32.3 Å². The quantitative estimate of drug-likeness (QED) is 0.684. The first kappa shape index (κ1) is 19.4. The zero-order valence-corrected chi connectivity index (χ0v) is 16.9. The fraction of sp³-hybridized carbons (Fsp3) is 0.333. The average Bonchev–Trinajstić information content (AvgIpc) is 3.24. The van der Waals surface area contributed by atoms with E-state index in [4.69, 9.17) is 16.1 Å². The number of pyridine rings is 1. The van der Waals surface area contributed by atoms with Gasteiger partial charge in [0.2, 0.25) is 5.82 Å². The van der Waals surface area contributed by atoms with Gasteiger partial charge in [-0.2, -0.15) is 4.98 Å². The second-order valence-corrected chi connectivity index (χ2v) is 7.68. The van der Waals surface area contributed by atoms with E-state index < -0.39 is 5.91 Å². The van der Waals surface area contributed by atoms with Crippen molar-refractivity contribution in [2.24, 2.45) is 5.92 Å². The van der Waals surface area contributed by atoms with Crippen LogP contribution in [0.4, 0.5) is 5.82 Å². The van der Waals surface area contributed by atoms with Crippen LogP contribution in [0.1, 0.15) is 36.0 Å². The van der Waals surface area contributed by atoms with E-state index in [0.29, 0.717) is 10.8 Å². The molecule has 0 saturated carbocycles. The SMILES string of the molecule is CC1CCN(c2cc(-c3noc(C(=O)NCc4ccccc4Cl)n3)ccn2)CC1. The lowest BCUT2D eigenvalue weighted by Crippen LogP contribution is -2.33. The largest absolute Gasteiger partial charge is 0.357 e. The number of hydrogen-bond donors (Lipinski definition) is 1. The molecule has 2 aromatic heterocycles. The lowest BCUT2D eigenvalue weighted by atomic mass is 9.99. The maximum Gasteiger partial charge on any atom is 0.316 e. The Morgan fingerprint density at radius 3 is 2.86 bits per heavy atom. The molecular formula is C21H22ClN5O2. The number of carbonyl (C=O) groups is 1. The molecule has 4 rings (SSSR count). The minimum Gasteiger partial charge on any atom is -0.357 e. The summed E-state index contributed by atoms with van der Waals surface area (Å²) in [6, 6.07) is 11.1. The van der Waals surface area contributed by atoms with Gasteiger partial charge in [0.1, 0.15) is 5.82 Å². The summed E-state index contributed by atoms with van der Waals surface area (Å²) in [6.07, 6.45) is 4.05. The Hall–Kier alpha value is -2.93. The van der Waals surface area contributed by atoms with Crippen LogP contribution in [-0.2, 0) is 6.54 Å². The standard InChI is InChI=1S/C21H22ClN5O2/c1-14-7-10-27(11-8-14)18-12-15(6-9-23-18)19-25-21(29-26-19)20(28)24-13-16-4-2-3-5-17(16)22/h2-6,9,12,14H,7-8,10-11,13H2,1H3,(H,24,28). The van der Waals surface area contributed by atoms with Gasteiger partial charge >= 0.3 is 11.8 Å². The third-order valence-electron chi connectivity index (χ3n) is 5.13. The fourth-order valence-electron chi connectivity index (χ4n) is 3.29. The van der Waals surface area contributed by atoms with Crippen LogP contribution in [0.3, 0.4) is 0 Å². The molecule has 0 radical (unpaired) electrons. The van der Waals surface area contributed by atoms with Crippen molar-refractivity contribution in [2.45, 2.75) is 26.3 Å². The number of rotatable bonds is 5. The van der Waals surface area contributed by atoms with Crippen LogP contribution in [0.5, 0.6) is 0 Å². The Bertz CT molecular complexity index is 998. The van der Waals surface area contributed by atoms with Crippen LogP contribution in [0.25, 0.3) is 11.4 Å². The van der Waals surface area contributed by atoms with Crippen LogP contribution in [-0.4, -0.2) is 34.1 Å². The Balaban J connectivity index is 1.44. The summed E-state index contributed by atoms with van der Waals surface area (Å²) in [7, 11) is 0. The van der Waals surface area contributed by atoms with Crippen molar-refractivity contribution in [3.8, 4) is 11.4 Å². The molecule has 29 heavy (non-hydrogen) atoms. The van der Waals surface area contributed by atoms with Crippen LogP contribution in [0.2, 0.25) is 5.02 Å². The molecule has 1 saturated heterocycles. The smallest absolute Gasteiger partial charge is 0.316 e. The molecule has 1 fully saturated rings. The molecular weight excluding hydrogens is 390 g/mol. The number of nitrogens with zero attached hydrogens (tertiary/aromatic N) is 4. The zero-order valence-electron chi connectivity index (χ0n) is 16.1.